The average Bonchev–Trinajstić information content (AvgIpc) is 2.32. The first kappa shape index (κ1) is 17.9. The van der Waals surface area contributed by atoms with Gasteiger partial charge in [-0.15, -0.1) is 0 Å². The number of carbonyl (C=O) groups is 2. The highest BCUT2D eigenvalue weighted by Crippen LogP contribution is 2.18. The predicted molar refractivity (Wildman–Crippen MR) is 81.6 cm³/mol. The van der Waals surface area contributed by atoms with Gasteiger partial charge in [0.1, 0.15) is 0 Å². The molecule has 1 fully saturated rings. The number of primary amides is 1. The smallest absolute Gasteiger partial charge is 0.237 e. The molecule has 6 nitrogen and oxygen atoms in total. The molecule has 0 aliphatic carbocycles. The quantitative estimate of drug-likeness (QED) is 0.671. The van der Waals surface area contributed by atoms with E-state index < -0.39 is 0 Å². The van der Waals surface area contributed by atoms with Crippen LogP contribution in [0.1, 0.15) is 40.5 Å². The molecule has 0 aromatic carbocycles. The summed E-state index contributed by atoms with van der Waals surface area (Å²) in [5, 5.41) is 2.92. The Kier molecular flexibility index (Phi) is 7.11. The number of carbonyl (C=O) groups excluding carboxylic acids is 2. The summed E-state index contributed by atoms with van der Waals surface area (Å²) in [6.45, 7) is 10.2. The van der Waals surface area contributed by atoms with Gasteiger partial charge >= 0.3 is 0 Å². The normalized spacial score (nSPS) is 24.8. The van der Waals surface area contributed by atoms with Gasteiger partial charge in [0.15, 0.2) is 0 Å². The van der Waals surface area contributed by atoms with E-state index in [9.17, 15) is 9.59 Å². The summed E-state index contributed by atoms with van der Waals surface area (Å²) in [5.74, 6) is -0.0881. The van der Waals surface area contributed by atoms with E-state index in [0.717, 1.165) is 13.1 Å². The zero-order valence-corrected chi connectivity index (χ0v) is 13.6. The van der Waals surface area contributed by atoms with Crippen molar-refractivity contribution in [1.29, 1.82) is 0 Å². The van der Waals surface area contributed by atoms with Gasteiger partial charge in [0, 0.05) is 26.1 Å². The number of hydrogen-bond acceptors (Lipinski definition) is 4. The van der Waals surface area contributed by atoms with Crippen LogP contribution < -0.4 is 11.1 Å². The lowest BCUT2D eigenvalue weighted by atomic mass is 9.99. The fourth-order valence-corrected chi connectivity index (χ4v) is 2.91. The van der Waals surface area contributed by atoms with Crippen molar-refractivity contribution < 1.29 is 14.3 Å². The first-order valence-electron chi connectivity index (χ1n) is 7.76. The van der Waals surface area contributed by atoms with E-state index in [1.807, 2.05) is 13.8 Å². The number of nitrogens with one attached hydrogen (secondary N) is 1. The molecule has 122 valence electrons. The molecule has 3 N–H and O–H groups in total. The maximum Gasteiger partial charge on any atom is 0.237 e. The van der Waals surface area contributed by atoms with Crippen LogP contribution in [0.4, 0.5) is 0 Å². The minimum Gasteiger partial charge on any atom is -0.373 e. The molecule has 1 aliphatic rings. The van der Waals surface area contributed by atoms with Gasteiger partial charge in [0.25, 0.3) is 0 Å². The highest BCUT2D eigenvalue weighted by Gasteiger charge is 2.33. The SMILES string of the molecule is CC1CN(C(C(=O)NCCCC(N)=O)C(C)C)CC(C)O1. The van der Waals surface area contributed by atoms with Crippen LogP contribution in [0.25, 0.3) is 0 Å². The van der Waals surface area contributed by atoms with Crippen molar-refractivity contribution in [3.05, 3.63) is 0 Å². The molecule has 0 spiro atoms. The fourth-order valence-electron chi connectivity index (χ4n) is 2.91. The number of amides is 2. The minimum absolute atomic E-state index is 0.0239. The highest BCUT2D eigenvalue weighted by molar-refractivity contribution is 5.82. The molecule has 0 bridgehead atoms. The van der Waals surface area contributed by atoms with Crippen molar-refractivity contribution in [2.24, 2.45) is 11.7 Å². The number of hydrogen-bond donors (Lipinski definition) is 2. The molecular weight excluding hydrogens is 270 g/mol. The zero-order chi connectivity index (χ0) is 16.0. The van der Waals surface area contributed by atoms with Crippen LogP contribution >= 0.6 is 0 Å². The molecule has 0 radical (unpaired) electrons. The second kappa shape index (κ2) is 8.34. The predicted octanol–water partition coefficient (Wildman–Crippen LogP) is 0.502. The molecule has 3 unspecified atom stereocenters. The van der Waals surface area contributed by atoms with Crippen LogP contribution in [0.3, 0.4) is 0 Å². The Morgan fingerprint density at radius 3 is 2.33 bits per heavy atom. The summed E-state index contributed by atoms with van der Waals surface area (Å²) < 4.78 is 5.73. The third-order valence-electron chi connectivity index (χ3n) is 3.64. The summed E-state index contributed by atoms with van der Waals surface area (Å²) in [5.41, 5.74) is 5.09. The Labute approximate surface area is 127 Å². The van der Waals surface area contributed by atoms with Crippen LogP contribution in [0.5, 0.6) is 0 Å². The van der Waals surface area contributed by atoms with Gasteiger partial charge in [-0.2, -0.15) is 0 Å². The van der Waals surface area contributed by atoms with Gasteiger partial charge in [-0.1, -0.05) is 13.8 Å². The largest absolute Gasteiger partial charge is 0.373 e. The summed E-state index contributed by atoms with van der Waals surface area (Å²) in [6.07, 6.45) is 1.16. The lowest BCUT2D eigenvalue weighted by Crippen LogP contribution is -2.57. The van der Waals surface area contributed by atoms with Crippen molar-refractivity contribution in [3.8, 4) is 0 Å². The van der Waals surface area contributed by atoms with Crippen LogP contribution in [0.15, 0.2) is 0 Å². The van der Waals surface area contributed by atoms with Crippen molar-refractivity contribution in [2.75, 3.05) is 19.6 Å². The number of morpholine rings is 1. The Bertz CT molecular complexity index is 350. The topological polar surface area (TPSA) is 84.7 Å². The monoisotopic (exact) mass is 299 g/mol. The molecule has 1 rings (SSSR count). The first-order chi connectivity index (χ1) is 9.81. The number of ether oxygens (including phenoxy) is 1. The van der Waals surface area contributed by atoms with E-state index in [0.29, 0.717) is 19.4 Å². The Hall–Kier alpha value is -1.14. The van der Waals surface area contributed by atoms with E-state index in [2.05, 4.69) is 24.1 Å². The van der Waals surface area contributed by atoms with Gasteiger partial charge in [-0.05, 0) is 26.2 Å². The van der Waals surface area contributed by atoms with E-state index >= 15 is 0 Å². The third-order valence-corrected chi connectivity index (χ3v) is 3.64. The van der Waals surface area contributed by atoms with E-state index in [1.165, 1.54) is 0 Å². The maximum absolute atomic E-state index is 12.4. The van der Waals surface area contributed by atoms with Gasteiger partial charge in [-0.3, -0.25) is 14.5 Å². The van der Waals surface area contributed by atoms with Crippen LogP contribution in [0.2, 0.25) is 0 Å². The maximum atomic E-state index is 12.4. The summed E-state index contributed by atoms with van der Waals surface area (Å²) >= 11 is 0. The third kappa shape index (κ3) is 6.01. The summed E-state index contributed by atoms with van der Waals surface area (Å²) in [6, 6.07) is -0.160. The molecule has 1 heterocycles. The van der Waals surface area contributed by atoms with Crippen LogP contribution in [0, 0.1) is 5.92 Å². The second-order valence-corrected chi connectivity index (χ2v) is 6.26. The average molecular weight is 299 g/mol. The van der Waals surface area contributed by atoms with Crippen LogP contribution in [-0.4, -0.2) is 54.6 Å². The minimum atomic E-state index is -0.333. The molecular formula is C15H29N3O3. The van der Waals surface area contributed by atoms with E-state index in [4.69, 9.17) is 10.5 Å². The van der Waals surface area contributed by atoms with Gasteiger partial charge in [0.05, 0.1) is 18.2 Å². The number of nitrogens with zero attached hydrogens (tertiary/aromatic N) is 1. The highest BCUT2D eigenvalue weighted by atomic mass is 16.5. The van der Waals surface area contributed by atoms with Gasteiger partial charge in [-0.25, -0.2) is 0 Å². The molecule has 2 amide bonds. The standard InChI is InChI=1S/C15H29N3O3/c1-10(2)14(15(20)17-7-5-6-13(16)19)18-8-11(3)21-12(4)9-18/h10-12,14H,5-9H2,1-4H3,(H2,16,19)(H,17,20). The number of nitrogens with two attached hydrogens (primary N) is 1. The van der Waals surface area contributed by atoms with Gasteiger partial charge in [0.2, 0.25) is 11.8 Å². The lowest BCUT2D eigenvalue weighted by molar-refractivity contribution is -0.135. The Morgan fingerprint density at radius 2 is 1.86 bits per heavy atom. The Balaban J connectivity index is 2.55. The molecule has 1 aliphatic heterocycles. The molecule has 0 aromatic rings. The molecule has 1 saturated heterocycles. The van der Waals surface area contributed by atoms with Gasteiger partial charge < -0.3 is 15.8 Å². The molecule has 0 aromatic heterocycles. The van der Waals surface area contributed by atoms with Crippen molar-refractivity contribution in [1.82, 2.24) is 10.2 Å². The molecule has 6 heteroatoms. The fraction of sp³-hybridized carbons (Fsp3) is 0.867. The number of rotatable bonds is 7. The lowest BCUT2D eigenvalue weighted by Gasteiger charge is -2.41. The molecule has 21 heavy (non-hydrogen) atoms. The molecule has 0 saturated carbocycles. The molecule has 3 atom stereocenters. The van der Waals surface area contributed by atoms with Crippen LogP contribution in [-0.2, 0) is 14.3 Å². The second-order valence-electron chi connectivity index (χ2n) is 6.26. The van der Waals surface area contributed by atoms with Crippen molar-refractivity contribution in [2.45, 2.75) is 58.8 Å². The first-order valence-corrected chi connectivity index (χ1v) is 7.76. The van der Waals surface area contributed by atoms with E-state index in [1.54, 1.807) is 0 Å². The van der Waals surface area contributed by atoms with Crippen molar-refractivity contribution >= 4 is 11.8 Å². The summed E-state index contributed by atoms with van der Waals surface area (Å²) in [4.78, 5) is 25.3. The summed E-state index contributed by atoms with van der Waals surface area (Å²) in [7, 11) is 0. The zero-order valence-electron chi connectivity index (χ0n) is 13.6. The van der Waals surface area contributed by atoms with Crippen molar-refractivity contribution in [3.63, 3.8) is 0 Å². The Morgan fingerprint density at radius 1 is 1.29 bits per heavy atom. The van der Waals surface area contributed by atoms with E-state index in [-0.39, 0.29) is 36.0 Å².